The molecular formula is C19H20BrNO2. The molecule has 4 heteroatoms. The normalized spacial score (nSPS) is 20.2. The fraction of sp³-hybridized carbons (Fsp3) is 0.316. The molecule has 2 aromatic carbocycles. The molecule has 0 aliphatic carbocycles. The zero-order chi connectivity index (χ0) is 16.2. The molecule has 23 heavy (non-hydrogen) atoms. The molecule has 0 bridgehead atoms. The van der Waals surface area contributed by atoms with Crippen molar-refractivity contribution in [3.63, 3.8) is 0 Å². The van der Waals surface area contributed by atoms with Gasteiger partial charge in [-0.25, -0.2) is 0 Å². The van der Waals surface area contributed by atoms with Crippen LogP contribution in [0, 0.1) is 0 Å². The fourth-order valence-electron chi connectivity index (χ4n) is 2.99. The van der Waals surface area contributed by atoms with Crippen LogP contribution >= 0.6 is 15.9 Å². The molecule has 1 aliphatic heterocycles. The average molecular weight is 374 g/mol. The summed E-state index contributed by atoms with van der Waals surface area (Å²) in [6.45, 7) is 3.49. The lowest BCUT2D eigenvalue weighted by molar-refractivity contribution is -0.135. The minimum Gasteiger partial charge on any atom is -0.371 e. The standard InChI is InChI=1S/C19H20BrNO2/c1-14(15-5-3-2-4-6-15)21-11-17(12-23-13-19(21)22)16-7-9-18(20)10-8-16/h2-10,14,17H,11-13H2,1H3/t14-,17?/m1/s1. The van der Waals surface area contributed by atoms with E-state index in [1.165, 1.54) is 5.56 Å². The Balaban J connectivity index is 1.83. The van der Waals surface area contributed by atoms with Crippen molar-refractivity contribution in [2.24, 2.45) is 0 Å². The van der Waals surface area contributed by atoms with Gasteiger partial charge in [-0.15, -0.1) is 0 Å². The lowest BCUT2D eigenvalue weighted by atomic mass is 9.98. The van der Waals surface area contributed by atoms with Gasteiger partial charge in [-0.1, -0.05) is 58.4 Å². The van der Waals surface area contributed by atoms with Crippen LogP contribution in [0.3, 0.4) is 0 Å². The molecule has 0 aromatic heterocycles. The first-order valence-electron chi connectivity index (χ1n) is 7.83. The number of ether oxygens (including phenoxy) is 1. The molecule has 3 rings (SSSR count). The first-order chi connectivity index (χ1) is 11.1. The smallest absolute Gasteiger partial charge is 0.249 e. The highest BCUT2D eigenvalue weighted by atomic mass is 79.9. The van der Waals surface area contributed by atoms with E-state index in [-0.39, 0.29) is 24.5 Å². The van der Waals surface area contributed by atoms with E-state index < -0.39 is 0 Å². The van der Waals surface area contributed by atoms with Crippen LogP contribution < -0.4 is 0 Å². The second-order valence-electron chi connectivity index (χ2n) is 5.90. The topological polar surface area (TPSA) is 29.5 Å². The number of hydrogen-bond donors (Lipinski definition) is 0. The largest absolute Gasteiger partial charge is 0.371 e. The van der Waals surface area contributed by atoms with E-state index >= 15 is 0 Å². The van der Waals surface area contributed by atoms with Crippen molar-refractivity contribution < 1.29 is 9.53 Å². The summed E-state index contributed by atoms with van der Waals surface area (Å²) < 4.78 is 6.67. The Morgan fingerprint density at radius 2 is 1.83 bits per heavy atom. The Hall–Kier alpha value is -1.65. The van der Waals surface area contributed by atoms with Crippen LogP contribution in [0.1, 0.15) is 30.0 Å². The molecule has 120 valence electrons. The Morgan fingerprint density at radius 1 is 1.13 bits per heavy atom. The highest BCUT2D eigenvalue weighted by Crippen LogP contribution is 2.28. The van der Waals surface area contributed by atoms with Gasteiger partial charge in [0, 0.05) is 16.9 Å². The molecule has 1 unspecified atom stereocenters. The van der Waals surface area contributed by atoms with Crippen LogP contribution in [0.4, 0.5) is 0 Å². The molecule has 1 fully saturated rings. The van der Waals surface area contributed by atoms with Crippen molar-refractivity contribution in [2.45, 2.75) is 18.9 Å². The molecule has 1 aliphatic rings. The first-order valence-corrected chi connectivity index (χ1v) is 8.62. The Morgan fingerprint density at radius 3 is 2.52 bits per heavy atom. The van der Waals surface area contributed by atoms with Crippen LogP contribution in [0.2, 0.25) is 0 Å². The highest BCUT2D eigenvalue weighted by Gasteiger charge is 2.28. The first kappa shape index (κ1) is 16.2. The number of carbonyl (C=O) groups is 1. The van der Waals surface area contributed by atoms with Gasteiger partial charge in [0.25, 0.3) is 0 Å². The summed E-state index contributed by atoms with van der Waals surface area (Å²) in [6, 6.07) is 18.5. The van der Waals surface area contributed by atoms with Crippen molar-refractivity contribution in [3.05, 3.63) is 70.2 Å². The van der Waals surface area contributed by atoms with Crippen LogP contribution in [0.25, 0.3) is 0 Å². The number of carbonyl (C=O) groups excluding carboxylic acids is 1. The van der Waals surface area contributed by atoms with E-state index in [2.05, 4.69) is 47.1 Å². The second kappa shape index (κ2) is 7.28. The zero-order valence-corrected chi connectivity index (χ0v) is 14.7. The molecule has 0 radical (unpaired) electrons. The van der Waals surface area contributed by atoms with Crippen molar-refractivity contribution in [1.82, 2.24) is 4.90 Å². The lowest BCUT2D eigenvalue weighted by Crippen LogP contribution is -2.36. The number of nitrogens with zero attached hydrogens (tertiary/aromatic N) is 1. The van der Waals surface area contributed by atoms with E-state index in [4.69, 9.17) is 4.74 Å². The van der Waals surface area contributed by atoms with Crippen molar-refractivity contribution in [1.29, 1.82) is 0 Å². The molecule has 2 aromatic rings. The summed E-state index contributed by atoms with van der Waals surface area (Å²) >= 11 is 3.46. The summed E-state index contributed by atoms with van der Waals surface area (Å²) in [7, 11) is 0. The number of hydrogen-bond acceptors (Lipinski definition) is 2. The predicted molar refractivity (Wildman–Crippen MR) is 94.3 cm³/mol. The maximum atomic E-state index is 12.5. The number of benzene rings is 2. The van der Waals surface area contributed by atoms with E-state index in [9.17, 15) is 4.79 Å². The number of amides is 1. The summed E-state index contributed by atoms with van der Waals surface area (Å²) in [4.78, 5) is 14.4. The minimum absolute atomic E-state index is 0.0448. The fourth-order valence-corrected chi connectivity index (χ4v) is 3.25. The number of halogens is 1. The predicted octanol–water partition coefficient (Wildman–Crippen LogP) is 4.15. The molecule has 1 amide bonds. The van der Waals surface area contributed by atoms with Gasteiger partial charge in [0.1, 0.15) is 6.61 Å². The summed E-state index contributed by atoms with van der Waals surface area (Å²) in [5, 5.41) is 0. The molecule has 0 spiro atoms. The lowest BCUT2D eigenvalue weighted by Gasteiger charge is -2.30. The third-order valence-corrected chi connectivity index (χ3v) is 4.90. The van der Waals surface area contributed by atoms with Gasteiger partial charge in [0.05, 0.1) is 12.6 Å². The molecule has 1 heterocycles. The van der Waals surface area contributed by atoms with Gasteiger partial charge in [-0.3, -0.25) is 4.79 Å². The van der Waals surface area contributed by atoms with E-state index in [0.29, 0.717) is 13.2 Å². The van der Waals surface area contributed by atoms with E-state index in [0.717, 1.165) is 10.0 Å². The van der Waals surface area contributed by atoms with Gasteiger partial charge in [-0.05, 0) is 30.2 Å². The SMILES string of the molecule is C[C@H](c1ccccc1)N1CC(c2ccc(Br)cc2)COCC1=O. The van der Waals surface area contributed by atoms with Gasteiger partial charge in [0.2, 0.25) is 5.91 Å². The van der Waals surface area contributed by atoms with Crippen molar-refractivity contribution in [3.8, 4) is 0 Å². The quantitative estimate of drug-likeness (QED) is 0.808. The highest BCUT2D eigenvalue weighted by molar-refractivity contribution is 9.10. The average Bonchev–Trinajstić information content (AvgIpc) is 2.77. The van der Waals surface area contributed by atoms with Gasteiger partial charge >= 0.3 is 0 Å². The van der Waals surface area contributed by atoms with Crippen molar-refractivity contribution in [2.75, 3.05) is 19.8 Å². The maximum absolute atomic E-state index is 12.5. The molecule has 0 saturated carbocycles. The van der Waals surface area contributed by atoms with Crippen molar-refractivity contribution >= 4 is 21.8 Å². The Labute approximate surface area is 145 Å². The monoisotopic (exact) mass is 373 g/mol. The molecular weight excluding hydrogens is 354 g/mol. The third-order valence-electron chi connectivity index (χ3n) is 4.37. The van der Waals surface area contributed by atoms with Crippen LogP contribution in [0.5, 0.6) is 0 Å². The minimum atomic E-state index is 0.0448. The zero-order valence-electron chi connectivity index (χ0n) is 13.1. The summed E-state index contributed by atoms with van der Waals surface area (Å²) in [5.74, 6) is 0.252. The number of rotatable bonds is 3. The van der Waals surface area contributed by atoms with Crippen LogP contribution in [0.15, 0.2) is 59.1 Å². The van der Waals surface area contributed by atoms with Crippen LogP contribution in [-0.4, -0.2) is 30.6 Å². The summed E-state index contributed by atoms with van der Waals surface area (Å²) in [5.41, 5.74) is 2.35. The summed E-state index contributed by atoms with van der Waals surface area (Å²) in [6.07, 6.45) is 0. The Bertz CT molecular complexity index is 657. The Kier molecular flexibility index (Phi) is 5.13. The molecule has 2 atom stereocenters. The van der Waals surface area contributed by atoms with Gasteiger partial charge in [-0.2, -0.15) is 0 Å². The maximum Gasteiger partial charge on any atom is 0.249 e. The second-order valence-corrected chi connectivity index (χ2v) is 6.81. The van der Waals surface area contributed by atoms with Gasteiger partial charge in [0.15, 0.2) is 0 Å². The molecule has 0 N–H and O–H groups in total. The molecule has 1 saturated heterocycles. The van der Waals surface area contributed by atoms with Gasteiger partial charge < -0.3 is 9.64 Å². The van der Waals surface area contributed by atoms with E-state index in [1.807, 2.05) is 35.2 Å². The molecule has 3 nitrogen and oxygen atoms in total. The third kappa shape index (κ3) is 3.82. The van der Waals surface area contributed by atoms with E-state index in [1.54, 1.807) is 0 Å². The van der Waals surface area contributed by atoms with Crippen LogP contribution in [-0.2, 0) is 9.53 Å².